The average Bonchev–Trinajstić information content (AvgIpc) is 3.81. The summed E-state index contributed by atoms with van der Waals surface area (Å²) >= 11 is 8.66. The van der Waals surface area contributed by atoms with Crippen molar-refractivity contribution >= 4 is 51.8 Å². The number of carbonyl (C=O) groups is 2. The van der Waals surface area contributed by atoms with Crippen LogP contribution >= 0.6 is 34.3 Å². The number of anilines is 1. The Kier molecular flexibility index (Phi) is 7.37. The molecule has 0 spiro atoms. The molecule has 6 aromatic heterocycles. The molecule has 0 bridgehead atoms. The van der Waals surface area contributed by atoms with E-state index < -0.39 is 11.5 Å². The minimum Gasteiger partial charge on any atom is -0.438 e. The molecule has 0 amide bonds. The van der Waals surface area contributed by atoms with E-state index in [4.69, 9.17) is 16.0 Å². The summed E-state index contributed by atoms with van der Waals surface area (Å²) in [5.41, 5.74) is 1.09. The highest BCUT2D eigenvalue weighted by Gasteiger charge is 2.23. The number of hydrogen-bond donors (Lipinski definition) is 1. The van der Waals surface area contributed by atoms with E-state index in [1.54, 1.807) is 48.1 Å². The summed E-state index contributed by atoms with van der Waals surface area (Å²) in [6.45, 7) is 0.120. The third kappa shape index (κ3) is 5.63. The Morgan fingerprint density at radius 1 is 1.07 bits per heavy atom. The van der Waals surface area contributed by atoms with Gasteiger partial charge in [-0.1, -0.05) is 17.7 Å². The molecule has 6 heterocycles. The summed E-state index contributed by atoms with van der Waals surface area (Å²) in [7, 11) is 0. The maximum Gasteiger partial charge on any atom is 0.317 e. The van der Waals surface area contributed by atoms with E-state index in [1.807, 2.05) is 12.1 Å². The Bertz CT molecular complexity index is 1900. The summed E-state index contributed by atoms with van der Waals surface area (Å²) in [6.07, 6.45) is 7.18. The Balaban J connectivity index is 1.45. The molecule has 41 heavy (non-hydrogen) atoms. The van der Waals surface area contributed by atoms with Crippen LogP contribution in [0.2, 0.25) is 4.34 Å². The molecule has 14 heteroatoms. The molecule has 1 N–H and O–H groups in total. The van der Waals surface area contributed by atoms with Gasteiger partial charge in [-0.3, -0.25) is 19.4 Å². The van der Waals surface area contributed by atoms with Crippen LogP contribution < -0.4 is 10.9 Å². The number of pyridine rings is 2. The minimum atomic E-state index is -0.583. The molecule has 0 atom stereocenters. The van der Waals surface area contributed by atoms with Gasteiger partial charge in [0.15, 0.2) is 11.4 Å². The van der Waals surface area contributed by atoms with E-state index in [-0.39, 0.29) is 29.3 Å². The number of nitrogens with one attached hydrogen (secondary N) is 1. The van der Waals surface area contributed by atoms with Gasteiger partial charge in [0.25, 0.3) is 5.56 Å². The fraction of sp³-hybridized carbons (Fsp3) is 0.0741. The Morgan fingerprint density at radius 2 is 1.98 bits per heavy atom. The van der Waals surface area contributed by atoms with Crippen LogP contribution in [0.25, 0.3) is 22.5 Å². The largest absolute Gasteiger partial charge is 0.438 e. The number of thiophene rings is 1. The highest BCUT2D eigenvalue weighted by atomic mass is 35.5. The van der Waals surface area contributed by atoms with Crippen LogP contribution in [0, 0.1) is 0 Å². The van der Waals surface area contributed by atoms with Gasteiger partial charge in [-0.25, -0.2) is 9.97 Å². The average molecular weight is 604 g/mol. The van der Waals surface area contributed by atoms with Crippen LogP contribution in [-0.2, 0) is 13.1 Å². The molecule has 0 saturated carbocycles. The van der Waals surface area contributed by atoms with E-state index in [0.717, 1.165) is 16.0 Å². The lowest BCUT2D eigenvalue weighted by molar-refractivity contribution is 0.0919. The maximum atomic E-state index is 13.7. The summed E-state index contributed by atoms with van der Waals surface area (Å²) in [5, 5.41) is 9.67. The SMILES string of the molecule is O=C(Cn1cc(-c2ccccn2)cc(-c2cc(NCc3ccc(Cl)s3)n(C(=O)c3cnco3)n2)c1=O)c1nccs1. The predicted molar refractivity (Wildman–Crippen MR) is 154 cm³/mol. The zero-order valence-electron chi connectivity index (χ0n) is 20.9. The molecule has 0 unspecified atom stereocenters. The fourth-order valence-electron chi connectivity index (χ4n) is 4.04. The van der Waals surface area contributed by atoms with Gasteiger partial charge in [-0.15, -0.1) is 22.7 Å². The second-order valence-electron chi connectivity index (χ2n) is 8.61. The Morgan fingerprint density at radius 3 is 2.68 bits per heavy atom. The minimum absolute atomic E-state index is 0.0319. The molecule has 0 aliphatic rings. The number of halogens is 1. The quantitative estimate of drug-likeness (QED) is 0.223. The highest BCUT2D eigenvalue weighted by molar-refractivity contribution is 7.16. The predicted octanol–water partition coefficient (Wildman–Crippen LogP) is 5.12. The smallest absolute Gasteiger partial charge is 0.317 e. The molecule has 6 rings (SSSR count). The standard InChI is InChI=1S/C27H18ClN7O4S2/c28-23-5-4-17(41-23)11-32-24-10-20(33-35(24)27(38)22-12-29-15-39-22)18-9-16(19-3-1-2-6-30-19)13-34(26(18)37)14-21(36)25-31-7-8-40-25/h1-10,12-13,15,32H,11,14H2. The molecule has 11 nitrogen and oxygen atoms in total. The maximum absolute atomic E-state index is 13.7. The van der Waals surface area contributed by atoms with Gasteiger partial charge in [-0.05, 0) is 30.3 Å². The summed E-state index contributed by atoms with van der Waals surface area (Å²) in [4.78, 5) is 53.1. The van der Waals surface area contributed by atoms with Crippen LogP contribution in [0.1, 0.15) is 25.2 Å². The lowest BCUT2D eigenvalue weighted by Crippen LogP contribution is -2.25. The number of oxazole rings is 1. The first-order valence-corrected chi connectivity index (χ1v) is 14.1. The number of aromatic nitrogens is 6. The molecule has 0 radical (unpaired) electrons. The number of ketones is 1. The van der Waals surface area contributed by atoms with E-state index in [0.29, 0.717) is 33.0 Å². The fourth-order valence-corrected chi connectivity index (χ4v) is 5.63. The summed E-state index contributed by atoms with van der Waals surface area (Å²) < 4.78 is 8.26. The number of rotatable bonds is 9. The van der Waals surface area contributed by atoms with Crippen molar-refractivity contribution in [2.75, 3.05) is 5.32 Å². The van der Waals surface area contributed by atoms with E-state index in [1.165, 1.54) is 39.6 Å². The molecule has 0 aliphatic carbocycles. The number of thiazole rings is 1. The summed E-state index contributed by atoms with van der Waals surface area (Å²) in [5.74, 6) is -0.607. The van der Waals surface area contributed by atoms with Crippen molar-refractivity contribution in [2.45, 2.75) is 13.1 Å². The highest BCUT2D eigenvalue weighted by Crippen LogP contribution is 2.27. The second-order valence-corrected chi connectivity index (χ2v) is 11.3. The lowest BCUT2D eigenvalue weighted by atomic mass is 10.1. The molecule has 0 aliphatic heterocycles. The van der Waals surface area contributed by atoms with Crippen LogP contribution in [0.5, 0.6) is 0 Å². The molecular formula is C27H18ClN7O4S2. The van der Waals surface area contributed by atoms with Gasteiger partial charge in [-0.2, -0.15) is 9.78 Å². The first kappa shape index (κ1) is 26.5. The third-order valence-corrected chi connectivity index (χ3v) is 7.97. The van der Waals surface area contributed by atoms with Gasteiger partial charge in [0.1, 0.15) is 11.5 Å². The zero-order valence-corrected chi connectivity index (χ0v) is 23.3. The Hall–Kier alpha value is -4.72. The van der Waals surface area contributed by atoms with Gasteiger partial charge in [0.05, 0.1) is 34.9 Å². The van der Waals surface area contributed by atoms with Crippen molar-refractivity contribution < 1.29 is 14.0 Å². The van der Waals surface area contributed by atoms with Crippen molar-refractivity contribution in [2.24, 2.45) is 0 Å². The normalized spacial score (nSPS) is 11.0. The molecule has 0 saturated heterocycles. The molecule has 204 valence electrons. The van der Waals surface area contributed by atoms with Crippen LogP contribution in [-0.4, -0.2) is 41.0 Å². The number of carbonyl (C=O) groups excluding carboxylic acids is 2. The Labute approximate surface area is 244 Å². The van der Waals surface area contributed by atoms with Crippen LogP contribution in [0.15, 0.2) is 88.2 Å². The number of Topliss-reactive ketones (excluding diaryl/α,β-unsaturated/α-hetero) is 1. The van der Waals surface area contributed by atoms with Crippen LogP contribution in [0.4, 0.5) is 5.82 Å². The van der Waals surface area contributed by atoms with Crippen molar-refractivity contribution in [1.29, 1.82) is 0 Å². The summed E-state index contributed by atoms with van der Waals surface area (Å²) in [6, 6.07) is 12.3. The van der Waals surface area contributed by atoms with Crippen LogP contribution in [0.3, 0.4) is 0 Å². The molecule has 6 aromatic rings. The molecular weight excluding hydrogens is 586 g/mol. The zero-order chi connectivity index (χ0) is 28.3. The van der Waals surface area contributed by atoms with Gasteiger partial charge >= 0.3 is 5.91 Å². The second kappa shape index (κ2) is 11.4. The van der Waals surface area contributed by atoms with Crippen molar-refractivity contribution in [1.82, 2.24) is 29.3 Å². The third-order valence-electron chi connectivity index (χ3n) is 5.92. The number of hydrogen-bond acceptors (Lipinski definition) is 11. The monoisotopic (exact) mass is 603 g/mol. The topological polar surface area (TPSA) is 138 Å². The first-order chi connectivity index (χ1) is 20.0. The lowest BCUT2D eigenvalue weighted by Gasteiger charge is -2.10. The molecule has 0 aromatic carbocycles. The van der Waals surface area contributed by atoms with Crippen molar-refractivity contribution in [3.8, 4) is 22.5 Å². The number of nitrogens with zero attached hydrogens (tertiary/aromatic N) is 6. The van der Waals surface area contributed by atoms with Crippen molar-refractivity contribution in [3.05, 3.63) is 109 Å². The molecule has 0 fully saturated rings. The van der Waals surface area contributed by atoms with E-state index >= 15 is 0 Å². The van der Waals surface area contributed by atoms with E-state index in [9.17, 15) is 14.4 Å². The van der Waals surface area contributed by atoms with Gasteiger partial charge < -0.3 is 14.3 Å². The van der Waals surface area contributed by atoms with Gasteiger partial charge in [0.2, 0.25) is 11.5 Å². The van der Waals surface area contributed by atoms with Gasteiger partial charge in [0, 0.05) is 40.5 Å². The van der Waals surface area contributed by atoms with Crippen molar-refractivity contribution in [3.63, 3.8) is 0 Å². The van der Waals surface area contributed by atoms with E-state index in [2.05, 4.69) is 25.4 Å². The first-order valence-electron chi connectivity index (χ1n) is 12.1.